The molecule has 0 amide bonds. The van der Waals surface area contributed by atoms with Gasteiger partial charge in [-0.2, -0.15) is 0 Å². The maximum absolute atomic E-state index is 10.9. The maximum atomic E-state index is 10.9. The Morgan fingerprint density at radius 1 is 1.58 bits per heavy atom. The van der Waals surface area contributed by atoms with Crippen molar-refractivity contribution < 1.29 is 14.6 Å². The molecule has 3 heteroatoms. The maximum Gasteiger partial charge on any atom is 0.335 e. The third-order valence-corrected chi connectivity index (χ3v) is 2.26. The lowest BCUT2D eigenvalue weighted by Crippen LogP contribution is -2.42. The molecule has 0 radical (unpaired) electrons. The molecule has 1 unspecified atom stereocenters. The minimum absolute atomic E-state index is 0.0216. The van der Waals surface area contributed by atoms with Gasteiger partial charge in [-0.05, 0) is 39.5 Å². The van der Waals surface area contributed by atoms with Gasteiger partial charge in [0.15, 0.2) is 5.60 Å². The highest BCUT2D eigenvalue weighted by Crippen LogP contribution is 2.42. The number of rotatable bonds is 4. The number of carboxylic acids is 1. The Bertz CT molecular complexity index is 184. The normalized spacial score (nSPS) is 22.3. The summed E-state index contributed by atoms with van der Waals surface area (Å²) in [7, 11) is 0. The third-order valence-electron chi connectivity index (χ3n) is 2.26. The Hall–Kier alpha value is -0.570. The van der Waals surface area contributed by atoms with Gasteiger partial charge in [0.2, 0.25) is 0 Å². The molecule has 0 aromatic rings. The highest BCUT2D eigenvalue weighted by Gasteiger charge is 2.49. The Labute approximate surface area is 72.7 Å². The van der Waals surface area contributed by atoms with Crippen molar-refractivity contribution in [1.29, 1.82) is 0 Å². The Kier molecular flexibility index (Phi) is 2.42. The molecule has 0 saturated heterocycles. The molecular weight excluding hydrogens is 156 g/mol. The molecule has 0 spiro atoms. The molecule has 1 saturated carbocycles. The van der Waals surface area contributed by atoms with Gasteiger partial charge in [0.05, 0.1) is 6.10 Å². The molecule has 0 aliphatic heterocycles. The van der Waals surface area contributed by atoms with Crippen LogP contribution in [0.2, 0.25) is 0 Å². The van der Waals surface area contributed by atoms with E-state index in [4.69, 9.17) is 9.84 Å². The summed E-state index contributed by atoms with van der Waals surface area (Å²) in [5.74, 6) is -0.615. The van der Waals surface area contributed by atoms with Crippen molar-refractivity contribution in [2.24, 2.45) is 5.92 Å². The molecule has 1 aliphatic rings. The van der Waals surface area contributed by atoms with Gasteiger partial charge >= 0.3 is 5.97 Å². The van der Waals surface area contributed by atoms with Crippen molar-refractivity contribution in [3.8, 4) is 0 Å². The number of carbonyl (C=O) groups is 1. The molecule has 0 aromatic heterocycles. The van der Waals surface area contributed by atoms with Crippen LogP contribution in [0, 0.1) is 5.92 Å². The summed E-state index contributed by atoms with van der Waals surface area (Å²) in [5, 5.41) is 8.97. The number of carboxylic acid groups (broad SMARTS) is 1. The monoisotopic (exact) mass is 172 g/mol. The summed E-state index contributed by atoms with van der Waals surface area (Å²) in [6.45, 7) is 5.40. The number of hydrogen-bond acceptors (Lipinski definition) is 2. The summed E-state index contributed by atoms with van der Waals surface area (Å²) < 4.78 is 5.42. The average Bonchev–Trinajstić information content (AvgIpc) is 2.65. The van der Waals surface area contributed by atoms with Crippen molar-refractivity contribution in [3.63, 3.8) is 0 Å². The fourth-order valence-corrected chi connectivity index (χ4v) is 1.45. The summed E-state index contributed by atoms with van der Waals surface area (Å²) >= 11 is 0. The molecule has 1 fully saturated rings. The van der Waals surface area contributed by atoms with Crippen molar-refractivity contribution in [1.82, 2.24) is 0 Å². The zero-order valence-corrected chi connectivity index (χ0v) is 7.83. The molecule has 0 bridgehead atoms. The fraction of sp³-hybridized carbons (Fsp3) is 0.889. The number of aliphatic carboxylic acids is 1. The smallest absolute Gasteiger partial charge is 0.335 e. The van der Waals surface area contributed by atoms with E-state index in [9.17, 15) is 4.79 Å². The van der Waals surface area contributed by atoms with E-state index < -0.39 is 11.6 Å². The predicted octanol–water partition coefficient (Wildman–Crippen LogP) is 1.66. The van der Waals surface area contributed by atoms with Crippen LogP contribution in [0.1, 0.15) is 33.6 Å². The fourth-order valence-electron chi connectivity index (χ4n) is 1.45. The highest BCUT2D eigenvalue weighted by atomic mass is 16.5. The molecule has 1 atom stereocenters. The van der Waals surface area contributed by atoms with Crippen molar-refractivity contribution >= 4 is 5.97 Å². The largest absolute Gasteiger partial charge is 0.479 e. The van der Waals surface area contributed by atoms with Crippen LogP contribution in [-0.2, 0) is 9.53 Å². The molecule has 1 aliphatic carbocycles. The number of ether oxygens (including phenoxy) is 1. The second-order valence-corrected chi connectivity index (χ2v) is 3.85. The van der Waals surface area contributed by atoms with Crippen LogP contribution in [0.3, 0.4) is 0 Å². The zero-order valence-electron chi connectivity index (χ0n) is 7.83. The van der Waals surface area contributed by atoms with Gasteiger partial charge in [0.1, 0.15) is 0 Å². The lowest BCUT2D eigenvalue weighted by molar-refractivity contribution is -0.172. The second-order valence-electron chi connectivity index (χ2n) is 3.85. The molecular formula is C9H16O3. The molecule has 12 heavy (non-hydrogen) atoms. The summed E-state index contributed by atoms with van der Waals surface area (Å²) in [5.41, 5.74) is -0.950. The van der Waals surface area contributed by atoms with E-state index in [1.165, 1.54) is 0 Å². The first-order chi connectivity index (χ1) is 5.47. The highest BCUT2D eigenvalue weighted by molar-refractivity contribution is 5.77. The van der Waals surface area contributed by atoms with Crippen LogP contribution >= 0.6 is 0 Å². The Morgan fingerprint density at radius 3 is 2.33 bits per heavy atom. The number of hydrogen-bond donors (Lipinski definition) is 1. The summed E-state index contributed by atoms with van der Waals surface area (Å²) in [4.78, 5) is 10.9. The van der Waals surface area contributed by atoms with E-state index in [1.807, 2.05) is 13.8 Å². The van der Waals surface area contributed by atoms with E-state index >= 15 is 0 Å². The van der Waals surface area contributed by atoms with Crippen LogP contribution in [-0.4, -0.2) is 22.8 Å². The SMILES string of the molecule is CC(C)OC(C)(C(=O)O)C1CC1. The minimum Gasteiger partial charge on any atom is -0.479 e. The van der Waals surface area contributed by atoms with Crippen molar-refractivity contribution in [2.45, 2.75) is 45.3 Å². The molecule has 3 nitrogen and oxygen atoms in total. The van der Waals surface area contributed by atoms with Gasteiger partial charge < -0.3 is 9.84 Å². The van der Waals surface area contributed by atoms with Gasteiger partial charge in [-0.3, -0.25) is 0 Å². The molecule has 0 aromatic carbocycles. The molecule has 0 heterocycles. The van der Waals surface area contributed by atoms with Gasteiger partial charge in [0.25, 0.3) is 0 Å². The molecule has 1 rings (SSSR count). The Balaban J connectivity index is 2.64. The summed E-state index contributed by atoms with van der Waals surface area (Å²) in [6, 6.07) is 0. The average molecular weight is 172 g/mol. The predicted molar refractivity (Wildman–Crippen MR) is 45.0 cm³/mol. The topological polar surface area (TPSA) is 46.5 Å². The van der Waals surface area contributed by atoms with Gasteiger partial charge in [-0.15, -0.1) is 0 Å². The third kappa shape index (κ3) is 1.78. The first-order valence-corrected chi connectivity index (χ1v) is 4.38. The standard InChI is InChI=1S/C9H16O3/c1-6(2)12-9(3,8(10)11)7-4-5-7/h6-7H,4-5H2,1-3H3,(H,10,11). The van der Waals surface area contributed by atoms with Crippen molar-refractivity contribution in [3.05, 3.63) is 0 Å². The summed E-state index contributed by atoms with van der Waals surface area (Å²) in [6.07, 6.45) is 1.94. The molecule has 1 N–H and O–H groups in total. The van der Waals surface area contributed by atoms with E-state index in [2.05, 4.69) is 0 Å². The first-order valence-electron chi connectivity index (χ1n) is 4.38. The lowest BCUT2D eigenvalue weighted by atomic mass is 10.0. The quantitative estimate of drug-likeness (QED) is 0.701. The zero-order chi connectivity index (χ0) is 9.35. The van der Waals surface area contributed by atoms with E-state index in [0.717, 1.165) is 12.8 Å². The van der Waals surface area contributed by atoms with E-state index in [0.29, 0.717) is 0 Å². The van der Waals surface area contributed by atoms with Crippen LogP contribution in [0.4, 0.5) is 0 Å². The van der Waals surface area contributed by atoms with Gasteiger partial charge in [0, 0.05) is 0 Å². The molecule has 70 valence electrons. The van der Waals surface area contributed by atoms with Crippen LogP contribution in [0.25, 0.3) is 0 Å². The second kappa shape index (κ2) is 3.05. The first kappa shape index (κ1) is 9.52. The van der Waals surface area contributed by atoms with Gasteiger partial charge in [-0.25, -0.2) is 4.79 Å². The van der Waals surface area contributed by atoms with Crippen molar-refractivity contribution in [2.75, 3.05) is 0 Å². The van der Waals surface area contributed by atoms with E-state index in [-0.39, 0.29) is 12.0 Å². The van der Waals surface area contributed by atoms with Crippen LogP contribution in [0.5, 0.6) is 0 Å². The van der Waals surface area contributed by atoms with Crippen LogP contribution < -0.4 is 0 Å². The van der Waals surface area contributed by atoms with Crippen LogP contribution in [0.15, 0.2) is 0 Å². The lowest BCUT2D eigenvalue weighted by Gasteiger charge is -2.27. The minimum atomic E-state index is -0.950. The van der Waals surface area contributed by atoms with Gasteiger partial charge in [-0.1, -0.05) is 0 Å². The Morgan fingerprint density at radius 2 is 2.08 bits per heavy atom. The van der Waals surface area contributed by atoms with E-state index in [1.54, 1.807) is 6.92 Å².